The van der Waals surface area contributed by atoms with Crippen LogP contribution < -0.4 is 5.32 Å². The minimum atomic E-state index is -0.488. The average Bonchev–Trinajstić information content (AvgIpc) is 2.39. The van der Waals surface area contributed by atoms with Crippen LogP contribution in [0.15, 0.2) is 18.2 Å². The van der Waals surface area contributed by atoms with Crippen molar-refractivity contribution in [2.45, 2.75) is 18.8 Å². The molecule has 0 amide bonds. The van der Waals surface area contributed by atoms with E-state index in [-0.39, 0.29) is 11.3 Å². The SMILES string of the molecule is COC(=O)c1cc(C2CCNCC2)ccc1O. The molecule has 17 heavy (non-hydrogen) atoms. The van der Waals surface area contributed by atoms with Crippen LogP contribution >= 0.6 is 0 Å². The molecule has 1 aliphatic heterocycles. The van der Waals surface area contributed by atoms with Crippen molar-refractivity contribution in [2.75, 3.05) is 20.2 Å². The molecule has 0 aliphatic carbocycles. The number of hydrogen-bond acceptors (Lipinski definition) is 4. The maximum Gasteiger partial charge on any atom is 0.341 e. The van der Waals surface area contributed by atoms with E-state index in [1.807, 2.05) is 6.07 Å². The Bertz CT molecular complexity index is 411. The third-order valence-corrected chi connectivity index (χ3v) is 3.24. The second kappa shape index (κ2) is 5.19. The first-order valence-electron chi connectivity index (χ1n) is 5.84. The lowest BCUT2D eigenvalue weighted by Crippen LogP contribution is -2.26. The van der Waals surface area contributed by atoms with Gasteiger partial charge in [0, 0.05) is 0 Å². The van der Waals surface area contributed by atoms with Crippen molar-refractivity contribution in [1.82, 2.24) is 5.32 Å². The Morgan fingerprint density at radius 2 is 2.12 bits per heavy atom. The molecule has 0 bridgehead atoms. The van der Waals surface area contributed by atoms with E-state index in [0.717, 1.165) is 31.5 Å². The lowest BCUT2D eigenvalue weighted by molar-refractivity contribution is 0.0597. The van der Waals surface area contributed by atoms with Gasteiger partial charge in [-0.05, 0) is 49.5 Å². The summed E-state index contributed by atoms with van der Waals surface area (Å²) in [6.07, 6.45) is 2.12. The molecule has 0 atom stereocenters. The highest BCUT2D eigenvalue weighted by molar-refractivity contribution is 5.92. The Morgan fingerprint density at radius 1 is 1.41 bits per heavy atom. The zero-order valence-electron chi connectivity index (χ0n) is 9.90. The predicted molar refractivity (Wildman–Crippen MR) is 64.3 cm³/mol. The highest BCUT2D eigenvalue weighted by Gasteiger charge is 2.18. The summed E-state index contributed by atoms with van der Waals surface area (Å²) in [6, 6.07) is 5.21. The number of hydrogen-bond donors (Lipinski definition) is 2. The lowest BCUT2D eigenvalue weighted by Gasteiger charge is -2.23. The van der Waals surface area contributed by atoms with Crippen molar-refractivity contribution >= 4 is 5.97 Å². The normalized spacial score (nSPS) is 16.8. The van der Waals surface area contributed by atoms with Gasteiger partial charge in [-0.15, -0.1) is 0 Å². The van der Waals surface area contributed by atoms with Crippen molar-refractivity contribution in [1.29, 1.82) is 0 Å². The van der Waals surface area contributed by atoms with Crippen molar-refractivity contribution in [2.24, 2.45) is 0 Å². The fraction of sp³-hybridized carbons (Fsp3) is 0.462. The number of benzene rings is 1. The minimum Gasteiger partial charge on any atom is -0.507 e. The molecule has 1 fully saturated rings. The molecule has 2 rings (SSSR count). The summed E-state index contributed by atoms with van der Waals surface area (Å²) >= 11 is 0. The molecule has 0 unspecified atom stereocenters. The van der Waals surface area contributed by atoms with Crippen LogP contribution in [-0.2, 0) is 4.74 Å². The Balaban J connectivity index is 2.26. The van der Waals surface area contributed by atoms with Crippen LogP contribution in [0.3, 0.4) is 0 Å². The van der Waals surface area contributed by atoms with Gasteiger partial charge in [-0.25, -0.2) is 4.79 Å². The zero-order chi connectivity index (χ0) is 12.3. The van der Waals surface area contributed by atoms with Crippen LogP contribution in [0.2, 0.25) is 0 Å². The predicted octanol–water partition coefficient (Wildman–Crippen LogP) is 1.65. The highest BCUT2D eigenvalue weighted by atomic mass is 16.5. The second-order valence-corrected chi connectivity index (χ2v) is 4.29. The van der Waals surface area contributed by atoms with Gasteiger partial charge in [0.1, 0.15) is 11.3 Å². The van der Waals surface area contributed by atoms with Gasteiger partial charge < -0.3 is 15.2 Å². The Kier molecular flexibility index (Phi) is 3.64. The minimum absolute atomic E-state index is 0.0189. The summed E-state index contributed by atoms with van der Waals surface area (Å²) in [5.74, 6) is -0.0481. The second-order valence-electron chi connectivity index (χ2n) is 4.29. The van der Waals surface area contributed by atoms with E-state index in [0.29, 0.717) is 5.92 Å². The number of piperidine rings is 1. The van der Waals surface area contributed by atoms with E-state index in [4.69, 9.17) is 0 Å². The third kappa shape index (κ3) is 2.58. The number of methoxy groups -OCH3 is 1. The molecule has 0 aromatic heterocycles. The summed E-state index contributed by atoms with van der Waals surface area (Å²) in [7, 11) is 1.32. The fourth-order valence-electron chi connectivity index (χ4n) is 2.24. The molecule has 4 heteroatoms. The van der Waals surface area contributed by atoms with Gasteiger partial charge in [-0.3, -0.25) is 0 Å². The number of nitrogens with one attached hydrogen (secondary N) is 1. The summed E-state index contributed by atoms with van der Waals surface area (Å²) < 4.78 is 4.65. The van der Waals surface area contributed by atoms with Crippen molar-refractivity contribution in [3.8, 4) is 5.75 Å². The smallest absolute Gasteiger partial charge is 0.341 e. The molecular weight excluding hydrogens is 218 g/mol. The monoisotopic (exact) mass is 235 g/mol. The summed E-state index contributed by atoms with van der Waals surface area (Å²) in [5, 5.41) is 12.9. The molecule has 0 radical (unpaired) electrons. The van der Waals surface area contributed by atoms with Crippen LogP contribution in [-0.4, -0.2) is 31.3 Å². The molecule has 92 valence electrons. The van der Waals surface area contributed by atoms with Crippen molar-refractivity contribution in [3.63, 3.8) is 0 Å². The third-order valence-electron chi connectivity index (χ3n) is 3.24. The van der Waals surface area contributed by atoms with Gasteiger partial charge in [-0.1, -0.05) is 6.07 Å². The fourth-order valence-corrected chi connectivity index (χ4v) is 2.24. The number of rotatable bonds is 2. The number of phenolic OH excluding ortho intramolecular Hbond substituents is 1. The molecule has 2 N–H and O–H groups in total. The van der Waals surface area contributed by atoms with Crippen LogP contribution in [0.4, 0.5) is 0 Å². The maximum atomic E-state index is 11.5. The molecule has 1 saturated heterocycles. The summed E-state index contributed by atoms with van der Waals surface area (Å²) in [4.78, 5) is 11.5. The Hall–Kier alpha value is -1.55. The average molecular weight is 235 g/mol. The molecule has 0 saturated carbocycles. The van der Waals surface area contributed by atoms with Crippen LogP contribution in [0.5, 0.6) is 5.75 Å². The molecule has 1 heterocycles. The van der Waals surface area contributed by atoms with Crippen LogP contribution in [0.25, 0.3) is 0 Å². The van der Waals surface area contributed by atoms with E-state index >= 15 is 0 Å². The summed E-state index contributed by atoms with van der Waals surface area (Å²) in [5.41, 5.74) is 1.35. The van der Waals surface area contributed by atoms with E-state index in [1.54, 1.807) is 12.1 Å². The van der Waals surface area contributed by atoms with Gasteiger partial charge in [0.05, 0.1) is 7.11 Å². The number of ether oxygens (including phenoxy) is 1. The number of esters is 1. The van der Waals surface area contributed by atoms with Crippen LogP contribution in [0.1, 0.15) is 34.7 Å². The van der Waals surface area contributed by atoms with Crippen molar-refractivity contribution in [3.05, 3.63) is 29.3 Å². The van der Waals surface area contributed by atoms with Gasteiger partial charge in [0.15, 0.2) is 0 Å². The molecule has 1 aromatic carbocycles. The van der Waals surface area contributed by atoms with E-state index in [9.17, 15) is 9.90 Å². The Labute approximate surface area is 101 Å². The quantitative estimate of drug-likeness (QED) is 0.765. The molecular formula is C13H17NO3. The van der Waals surface area contributed by atoms with Gasteiger partial charge in [0.2, 0.25) is 0 Å². The molecule has 0 spiro atoms. The van der Waals surface area contributed by atoms with Gasteiger partial charge in [0.25, 0.3) is 0 Å². The lowest BCUT2D eigenvalue weighted by atomic mass is 9.89. The Morgan fingerprint density at radius 3 is 2.76 bits per heavy atom. The first-order chi connectivity index (χ1) is 8.22. The zero-order valence-corrected chi connectivity index (χ0v) is 9.90. The van der Waals surface area contributed by atoms with Crippen molar-refractivity contribution < 1.29 is 14.6 Å². The largest absolute Gasteiger partial charge is 0.507 e. The summed E-state index contributed by atoms with van der Waals surface area (Å²) in [6.45, 7) is 2.00. The molecule has 1 aromatic rings. The van der Waals surface area contributed by atoms with Gasteiger partial charge >= 0.3 is 5.97 Å². The maximum absolute atomic E-state index is 11.5. The molecule has 1 aliphatic rings. The number of aromatic hydroxyl groups is 1. The van der Waals surface area contributed by atoms with E-state index in [1.165, 1.54) is 7.11 Å². The standard InChI is InChI=1S/C13H17NO3/c1-17-13(16)11-8-10(2-3-12(11)15)9-4-6-14-7-5-9/h2-3,8-9,14-15H,4-7H2,1H3. The van der Waals surface area contributed by atoms with E-state index in [2.05, 4.69) is 10.1 Å². The number of carbonyl (C=O) groups is 1. The van der Waals surface area contributed by atoms with Gasteiger partial charge in [-0.2, -0.15) is 0 Å². The van der Waals surface area contributed by atoms with E-state index < -0.39 is 5.97 Å². The van der Waals surface area contributed by atoms with Crippen LogP contribution in [0, 0.1) is 0 Å². The number of carbonyl (C=O) groups excluding carboxylic acids is 1. The number of phenols is 1. The first kappa shape index (κ1) is 11.9. The topological polar surface area (TPSA) is 58.6 Å². The first-order valence-corrected chi connectivity index (χ1v) is 5.84. The highest BCUT2D eigenvalue weighted by Crippen LogP contribution is 2.29. The molecule has 4 nitrogen and oxygen atoms in total.